The Morgan fingerprint density at radius 2 is 1.62 bits per heavy atom. The first-order chi connectivity index (χ1) is 13.7. The van der Waals surface area contributed by atoms with Crippen LogP contribution in [0.5, 0.6) is 0 Å². The number of halogens is 1. The molecular weight excluding hydrogens is 387 g/mol. The first-order valence-electron chi connectivity index (χ1n) is 9.04. The minimum absolute atomic E-state index is 0.105. The molecule has 11 heteroatoms. The summed E-state index contributed by atoms with van der Waals surface area (Å²) in [4.78, 5) is 62.3. The van der Waals surface area contributed by atoms with E-state index in [9.17, 15) is 33.7 Å². The van der Waals surface area contributed by atoms with Gasteiger partial charge in [0, 0.05) is 50.7 Å². The van der Waals surface area contributed by atoms with Crippen LogP contribution in [0.4, 0.5) is 10.1 Å². The Morgan fingerprint density at radius 3 is 2.17 bits per heavy atom. The molecule has 0 N–H and O–H groups in total. The van der Waals surface area contributed by atoms with Gasteiger partial charge in [-0.25, -0.2) is 4.39 Å². The molecular formula is C18H19FN4O6. The Hall–Kier alpha value is -3.37. The molecule has 2 saturated heterocycles. The van der Waals surface area contributed by atoms with Crippen molar-refractivity contribution in [1.82, 2.24) is 14.7 Å². The monoisotopic (exact) mass is 406 g/mol. The molecule has 2 fully saturated rings. The summed E-state index contributed by atoms with van der Waals surface area (Å²) < 4.78 is 14.0. The molecule has 3 rings (SSSR count). The van der Waals surface area contributed by atoms with Crippen molar-refractivity contribution < 1.29 is 28.5 Å². The van der Waals surface area contributed by atoms with Gasteiger partial charge < -0.3 is 9.80 Å². The Bertz CT molecular complexity index is 894. The van der Waals surface area contributed by atoms with Crippen LogP contribution < -0.4 is 0 Å². The lowest BCUT2D eigenvalue weighted by Gasteiger charge is -2.35. The van der Waals surface area contributed by atoms with Gasteiger partial charge in [-0.3, -0.25) is 34.2 Å². The van der Waals surface area contributed by atoms with Crippen molar-refractivity contribution in [2.45, 2.75) is 19.8 Å². The number of amides is 4. The molecule has 154 valence electrons. The zero-order valence-electron chi connectivity index (χ0n) is 15.7. The maximum Gasteiger partial charge on any atom is 0.276 e. The van der Waals surface area contributed by atoms with Crippen molar-refractivity contribution in [3.05, 3.63) is 39.2 Å². The highest BCUT2D eigenvalue weighted by molar-refractivity contribution is 6.04. The molecule has 0 radical (unpaired) electrons. The van der Waals surface area contributed by atoms with E-state index in [4.69, 9.17) is 0 Å². The second-order valence-corrected chi connectivity index (χ2v) is 6.91. The van der Waals surface area contributed by atoms with Crippen molar-refractivity contribution in [1.29, 1.82) is 0 Å². The summed E-state index contributed by atoms with van der Waals surface area (Å²) in [6.07, 6.45) is 0.210. The summed E-state index contributed by atoms with van der Waals surface area (Å²) in [6.45, 7) is 1.60. The number of carbonyl (C=O) groups is 4. The second-order valence-electron chi connectivity index (χ2n) is 6.91. The normalized spacial score (nSPS) is 17.1. The van der Waals surface area contributed by atoms with Crippen molar-refractivity contribution in [2.24, 2.45) is 0 Å². The van der Waals surface area contributed by atoms with E-state index >= 15 is 0 Å². The maximum atomic E-state index is 14.0. The highest BCUT2D eigenvalue weighted by Crippen LogP contribution is 2.24. The molecule has 2 aliphatic rings. The first-order valence-corrected chi connectivity index (χ1v) is 9.04. The predicted molar refractivity (Wildman–Crippen MR) is 96.2 cm³/mol. The number of hydrogen-bond acceptors (Lipinski definition) is 6. The van der Waals surface area contributed by atoms with Crippen molar-refractivity contribution in [3.8, 4) is 0 Å². The third kappa shape index (κ3) is 4.08. The Balaban J connectivity index is 1.62. The number of nitro benzene ring substituents is 1. The van der Waals surface area contributed by atoms with E-state index in [1.54, 1.807) is 0 Å². The molecule has 1 aromatic rings. The van der Waals surface area contributed by atoms with E-state index in [-0.39, 0.29) is 68.5 Å². The fourth-order valence-corrected chi connectivity index (χ4v) is 3.35. The number of hydrogen-bond donors (Lipinski definition) is 0. The topological polar surface area (TPSA) is 121 Å². The quantitative estimate of drug-likeness (QED) is 0.407. The van der Waals surface area contributed by atoms with Crippen LogP contribution in [0, 0.1) is 22.9 Å². The molecule has 1 aromatic carbocycles. The minimum atomic E-state index is -0.837. The number of rotatable bonds is 4. The summed E-state index contributed by atoms with van der Waals surface area (Å²) in [5, 5.41) is 11.0. The first kappa shape index (κ1) is 20.4. The molecule has 4 amide bonds. The van der Waals surface area contributed by atoms with Crippen LogP contribution in [0.15, 0.2) is 12.1 Å². The van der Waals surface area contributed by atoms with Crippen LogP contribution in [0.1, 0.15) is 28.8 Å². The van der Waals surface area contributed by atoms with E-state index in [0.717, 1.165) is 17.0 Å². The molecule has 2 heterocycles. The van der Waals surface area contributed by atoms with Gasteiger partial charge in [0.1, 0.15) is 12.4 Å². The standard InChI is InChI=1S/C18H19FN4O6/c1-11-13(19)8-12(9-14(11)23(28)29)18(27)21-6-4-20(5-7-21)17(26)10-22-15(24)2-3-16(22)25/h8-9H,2-7,10H2,1H3. The Morgan fingerprint density at radius 1 is 1.07 bits per heavy atom. The average Bonchev–Trinajstić information content (AvgIpc) is 3.01. The average molecular weight is 406 g/mol. The lowest BCUT2D eigenvalue weighted by molar-refractivity contribution is -0.385. The summed E-state index contributed by atoms with van der Waals surface area (Å²) in [6, 6.07) is 2.01. The minimum Gasteiger partial charge on any atom is -0.338 e. The molecule has 29 heavy (non-hydrogen) atoms. The van der Waals surface area contributed by atoms with E-state index in [1.165, 1.54) is 16.7 Å². The summed E-state index contributed by atoms with van der Waals surface area (Å²) in [5.74, 6) is -2.54. The third-order valence-corrected chi connectivity index (χ3v) is 5.13. The van der Waals surface area contributed by atoms with Gasteiger partial charge in [-0.15, -0.1) is 0 Å². The molecule has 2 aliphatic heterocycles. The van der Waals surface area contributed by atoms with Gasteiger partial charge >= 0.3 is 0 Å². The fourth-order valence-electron chi connectivity index (χ4n) is 3.35. The fraction of sp³-hybridized carbons (Fsp3) is 0.444. The Kier molecular flexibility index (Phi) is 5.57. The van der Waals surface area contributed by atoms with Gasteiger partial charge in [0.05, 0.1) is 10.5 Å². The molecule has 0 saturated carbocycles. The smallest absolute Gasteiger partial charge is 0.276 e. The van der Waals surface area contributed by atoms with Crippen LogP contribution in [-0.4, -0.2) is 76.0 Å². The third-order valence-electron chi connectivity index (χ3n) is 5.13. The van der Waals surface area contributed by atoms with Gasteiger partial charge in [-0.05, 0) is 13.0 Å². The number of nitro groups is 1. The van der Waals surface area contributed by atoms with E-state index in [2.05, 4.69) is 0 Å². The van der Waals surface area contributed by atoms with E-state index in [0.29, 0.717) is 0 Å². The maximum absolute atomic E-state index is 14.0. The lowest BCUT2D eigenvalue weighted by atomic mass is 10.1. The van der Waals surface area contributed by atoms with Gasteiger partial charge in [0.15, 0.2) is 0 Å². The molecule has 0 atom stereocenters. The second kappa shape index (κ2) is 7.94. The zero-order valence-corrected chi connectivity index (χ0v) is 15.7. The van der Waals surface area contributed by atoms with Crippen LogP contribution in [-0.2, 0) is 14.4 Å². The van der Waals surface area contributed by atoms with E-state index in [1.807, 2.05) is 0 Å². The van der Waals surface area contributed by atoms with Gasteiger partial charge in [-0.1, -0.05) is 0 Å². The summed E-state index contributed by atoms with van der Waals surface area (Å²) in [7, 11) is 0. The van der Waals surface area contributed by atoms with Gasteiger partial charge in [0.2, 0.25) is 17.7 Å². The highest BCUT2D eigenvalue weighted by atomic mass is 19.1. The van der Waals surface area contributed by atoms with Crippen LogP contribution in [0.2, 0.25) is 0 Å². The predicted octanol–water partition coefficient (Wildman–Crippen LogP) is 0.476. The lowest BCUT2D eigenvalue weighted by Crippen LogP contribution is -2.53. The molecule has 0 aromatic heterocycles. The molecule has 0 aliphatic carbocycles. The molecule has 0 bridgehead atoms. The van der Waals surface area contributed by atoms with Gasteiger partial charge in [0.25, 0.3) is 11.6 Å². The number of benzene rings is 1. The van der Waals surface area contributed by atoms with Crippen molar-refractivity contribution >= 4 is 29.3 Å². The van der Waals surface area contributed by atoms with Crippen LogP contribution in [0.25, 0.3) is 0 Å². The number of likely N-dealkylation sites (tertiary alicyclic amines) is 1. The van der Waals surface area contributed by atoms with Crippen molar-refractivity contribution in [3.63, 3.8) is 0 Å². The summed E-state index contributed by atoms with van der Waals surface area (Å²) in [5.41, 5.74) is -0.747. The molecule has 10 nitrogen and oxygen atoms in total. The molecule has 0 unspecified atom stereocenters. The van der Waals surface area contributed by atoms with Gasteiger partial charge in [-0.2, -0.15) is 0 Å². The largest absolute Gasteiger partial charge is 0.338 e. The zero-order chi connectivity index (χ0) is 21.3. The van der Waals surface area contributed by atoms with E-state index < -0.39 is 28.2 Å². The van der Waals surface area contributed by atoms with Crippen molar-refractivity contribution in [2.75, 3.05) is 32.7 Å². The summed E-state index contributed by atoms with van der Waals surface area (Å²) >= 11 is 0. The highest BCUT2D eigenvalue weighted by Gasteiger charge is 2.33. The number of imide groups is 1. The van der Waals surface area contributed by atoms with Crippen LogP contribution >= 0.6 is 0 Å². The SMILES string of the molecule is Cc1c(F)cc(C(=O)N2CCN(C(=O)CN3C(=O)CCC3=O)CC2)cc1[N+](=O)[O-]. The Labute approximate surface area is 165 Å². The van der Waals surface area contributed by atoms with Crippen LogP contribution in [0.3, 0.4) is 0 Å². The molecule has 0 spiro atoms. The number of nitrogens with zero attached hydrogens (tertiary/aromatic N) is 4. The number of piperazine rings is 1. The number of carbonyl (C=O) groups excluding carboxylic acids is 4.